The first-order valence-electron chi connectivity index (χ1n) is 25.0. The number of rotatable bonds is 8. The molecule has 10 aromatic carbocycles. The second kappa shape index (κ2) is 16.6. The van der Waals surface area contributed by atoms with Crippen molar-refractivity contribution < 1.29 is 9.30 Å². The Morgan fingerprint density at radius 1 is 0.432 bits per heavy atom. The lowest BCUT2D eigenvalue weighted by atomic mass is 9.95. The van der Waals surface area contributed by atoms with E-state index >= 15 is 0 Å². The summed E-state index contributed by atoms with van der Waals surface area (Å²) in [5, 5.41) is 7.14. The summed E-state index contributed by atoms with van der Waals surface area (Å²) >= 11 is 0. The molecule has 0 N–H and O–H groups in total. The molecule has 15 aromatic rings. The van der Waals surface area contributed by atoms with E-state index < -0.39 is 0 Å². The molecule has 0 aliphatic heterocycles. The van der Waals surface area contributed by atoms with Gasteiger partial charge in [0.25, 0.3) is 6.33 Å². The van der Waals surface area contributed by atoms with Gasteiger partial charge in [0.15, 0.2) is 0 Å². The second-order valence-electron chi connectivity index (χ2n) is 18.9. The Hall–Kier alpha value is -9.98. The zero-order valence-corrected chi connectivity index (χ0v) is 40.3. The van der Waals surface area contributed by atoms with Crippen LogP contribution in [0.1, 0.15) is 0 Å². The third-order valence-corrected chi connectivity index (χ3v) is 14.8. The van der Waals surface area contributed by atoms with E-state index in [1.165, 1.54) is 27.1 Å². The van der Waals surface area contributed by atoms with Gasteiger partial charge in [0.1, 0.15) is 17.3 Å². The normalized spacial score (nSPS) is 11.9. The Labute approximate surface area is 425 Å². The minimum absolute atomic E-state index is 0.706. The lowest BCUT2D eigenvalue weighted by molar-refractivity contribution is -0.572. The summed E-state index contributed by atoms with van der Waals surface area (Å²) in [4.78, 5) is 5.07. The minimum atomic E-state index is 0.706. The number of pyridine rings is 1. The summed E-state index contributed by atoms with van der Waals surface area (Å²) in [7, 11) is 2.20. The first-order valence-corrected chi connectivity index (χ1v) is 25.0. The standard InChI is InChI=1S/C67H44N6O/c1-69-55-33-13-11-29-52(55)62-61-53-30-12-14-34-56(53)72(46-25-9-4-10-26-46)65(61)63-54-39-38-49(42-59(54)73(67(63)66(62)69)60-37-17-18-40-68-60)74-48-28-19-27-47(41-48)70-43-71(58-36-16-15-35-57(58)70)64-50(44-21-5-2-6-22-44)31-20-32-51(64)45-23-7-3-8-24-45/h2-42H,1H3. The van der Waals surface area contributed by atoms with E-state index in [9.17, 15) is 0 Å². The van der Waals surface area contributed by atoms with Crippen LogP contribution in [0.2, 0.25) is 0 Å². The summed E-state index contributed by atoms with van der Waals surface area (Å²) in [5.41, 5.74) is 16.4. The predicted octanol–water partition coefficient (Wildman–Crippen LogP) is 16.1. The summed E-state index contributed by atoms with van der Waals surface area (Å²) in [6, 6.07) is 85.7. The lowest BCUT2D eigenvalue weighted by Crippen LogP contribution is -2.29. The number of benzene rings is 10. The van der Waals surface area contributed by atoms with Gasteiger partial charge in [-0.15, -0.1) is 0 Å². The van der Waals surface area contributed by atoms with Crippen LogP contribution in [0, 0.1) is 6.33 Å². The van der Waals surface area contributed by atoms with Gasteiger partial charge in [-0.25, -0.2) is 4.98 Å². The molecule has 348 valence electrons. The zero-order chi connectivity index (χ0) is 48.9. The molecular formula is C67H44N6O. The van der Waals surface area contributed by atoms with E-state index in [1.54, 1.807) is 0 Å². The van der Waals surface area contributed by atoms with E-state index in [-0.39, 0.29) is 0 Å². The highest BCUT2D eigenvalue weighted by molar-refractivity contribution is 6.40. The summed E-state index contributed by atoms with van der Waals surface area (Å²) in [6.07, 6.45) is 5.71. The molecule has 0 bridgehead atoms. The number of aryl methyl sites for hydroxylation is 1. The third kappa shape index (κ3) is 6.26. The van der Waals surface area contributed by atoms with E-state index in [1.807, 2.05) is 18.3 Å². The highest BCUT2D eigenvalue weighted by Crippen LogP contribution is 2.50. The molecule has 0 fully saturated rings. The minimum Gasteiger partial charge on any atom is -0.458 e. The maximum absolute atomic E-state index is 7.00. The van der Waals surface area contributed by atoms with Crippen molar-refractivity contribution in [3.63, 3.8) is 0 Å². The topological polar surface area (TPSA) is 45.7 Å². The average Bonchev–Trinajstić information content (AvgIpc) is 4.20. The quantitative estimate of drug-likeness (QED) is 0.113. The van der Waals surface area contributed by atoms with E-state index in [4.69, 9.17) is 9.72 Å². The van der Waals surface area contributed by atoms with Crippen LogP contribution in [0.5, 0.6) is 11.5 Å². The number of nitrogens with zero attached hydrogens (tertiary/aromatic N) is 6. The summed E-state index contributed by atoms with van der Waals surface area (Å²) in [5.74, 6) is 2.24. The monoisotopic (exact) mass is 948 g/mol. The Balaban J connectivity index is 0.943. The Kier molecular flexibility index (Phi) is 9.34. The van der Waals surface area contributed by atoms with Gasteiger partial charge in [0.05, 0.1) is 50.0 Å². The van der Waals surface area contributed by atoms with Crippen LogP contribution in [0.15, 0.2) is 249 Å². The number of para-hydroxylation sites is 6. The molecule has 7 nitrogen and oxygen atoms in total. The van der Waals surface area contributed by atoms with E-state index in [2.05, 4.69) is 267 Å². The van der Waals surface area contributed by atoms with Crippen molar-refractivity contribution in [2.75, 3.05) is 0 Å². The maximum Gasteiger partial charge on any atom is 0.269 e. The van der Waals surface area contributed by atoms with Crippen LogP contribution in [0.25, 0.3) is 122 Å². The van der Waals surface area contributed by atoms with Gasteiger partial charge in [-0.1, -0.05) is 170 Å². The van der Waals surface area contributed by atoms with Crippen molar-refractivity contribution in [2.45, 2.75) is 0 Å². The molecule has 0 unspecified atom stereocenters. The molecule has 0 atom stereocenters. The molecule has 0 spiro atoms. The first-order chi connectivity index (χ1) is 36.7. The number of ether oxygens (including phenoxy) is 1. The molecular weight excluding hydrogens is 905 g/mol. The Morgan fingerprint density at radius 3 is 1.76 bits per heavy atom. The van der Waals surface area contributed by atoms with Crippen molar-refractivity contribution in [3.05, 3.63) is 255 Å². The molecule has 7 heteroatoms. The van der Waals surface area contributed by atoms with E-state index in [0.717, 1.165) is 94.5 Å². The van der Waals surface area contributed by atoms with Crippen molar-refractivity contribution in [1.82, 2.24) is 23.3 Å². The van der Waals surface area contributed by atoms with Crippen LogP contribution in [0.4, 0.5) is 0 Å². The number of imidazole rings is 1. The average molecular weight is 949 g/mol. The highest BCUT2D eigenvalue weighted by atomic mass is 16.5. The number of fused-ring (bicyclic) bond motifs is 13. The van der Waals surface area contributed by atoms with Gasteiger partial charge in [0.2, 0.25) is 0 Å². The lowest BCUT2D eigenvalue weighted by Gasteiger charge is -2.17. The van der Waals surface area contributed by atoms with Crippen LogP contribution in [-0.4, -0.2) is 23.3 Å². The fourth-order valence-corrected chi connectivity index (χ4v) is 11.7. The SMILES string of the molecule is Cn1c2ccccc2c2c3c4ccccc4n(-c4ccccc4)c3c3c4ccc(Oc5cccc(-[n+]6[c-]n(-c7c(-c8ccccc8)cccc7-c7ccccc7)c7ccccc76)c5)cc4n(-c4ccccn4)c3c21. The van der Waals surface area contributed by atoms with Crippen molar-refractivity contribution in [3.8, 4) is 56.6 Å². The van der Waals surface area contributed by atoms with Gasteiger partial charge in [-0.05, 0) is 89.0 Å². The molecule has 0 amide bonds. The van der Waals surface area contributed by atoms with Gasteiger partial charge in [-0.3, -0.25) is 13.7 Å². The summed E-state index contributed by atoms with van der Waals surface area (Å²) in [6.45, 7) is 0. The molecule has 0 aliphatic carbocycles. The fraction of sp³-hybridized carbons (Fsp3) is 0.0149. The molecule has 0 saturated heterocycles. The molecule has 0 aliphatic rings. The predicted molar refractivity (Wildman–Crippen MR) is 301 cm³/mol. The molecule has 5 heterocycles. The molecule has 74 heavy (non-hydrogen) atoms. The molecule has 0 saturated carbocycles. The number of aromatic nitrogens is 6. The molecule has 15 rings (SSSR count). The van der Waals surface area contributed by atoms with Crippen molar-refractivity contribution in [1.29, 1.82) is 0 Å². The summed E-state index contributed by atoms with van der Waals surface area (Å²) < 4.78 is 18.5. The van der Waals surface area contributed by atoms with Crippen LogP contribution in [-0.2, 0) is 7.05 Å². The van der Waals surface area contributed by atoms with Crippen LogP contribution in [0.3, 0.4) is 0 Å². The third-order valence-electron chi connectivity index (χ3n) is 14.8. The van der Waals surface area contributed by atoms with Gasteiger partial charge in [0, 0.05) is 62.8 Å². The van der Waals surface area contributed by atoms with Crippen molar-refractivity contribution >= 4 is 76.5 Å². The maximum atomic E-state index is 7.00. The Bertz CT molecular complexity index is 4620. The van der Waals surface area contributed by atoms with Gasteiger partial charge < -0.3 is 13.9 Å². The van der Waals surface area contributed by atoms with E-state index in [0.29, 0.717) is 11.5 Å². The zero-order valence-electron chi connectivity index (χ0n) is 40.3. The second-order valence-corrected chi connectivity index (χ2v) is 18.9. The van der Waals surface area contributed by atoms with Crippen LogP contribution < -0.4 is 9.30 Å². The van der Waals surface area contributed by atoms with Gasteiger partial charge >= 0.3 is 0 Å². The first kappa shape index (κ1) is 41.8. The fourth-order valence-electron chi connectivity index (χ4n) is 11.7. The Morgan fingerprint density at radius 2 is 1.03 bits per heavy atom. The molecule has 0 radical (unpaired) electrons. The molecule has 5 aromatic heterocycles. The highest BCUT2D eigenvalue weighted by Gasteiger charge is 2.28. The largest absolute Gasteiger partial charge is 0.458 e. The number of hydrogen-bond acceptors (Lipinski definition) is 2. The van der Waals surface area contributed by atoms with Crippen molar-refractivity contribution in [2.24, 2.45) is 7.05 Å². The van der Waals surface area contributed by atoms with Crippen LogP contribution >= 0.6 is 0 Å². The number of hydrogen-bond donors (Lipinski definition) is 0. The van der Waals surface area contributed by atoms with Gasteiger partial charge in [-0.2, -0.15) is 0 Å². The smallest absolute Gasteiger partial charge is 0.269 e.